The number of carbonyl (C=O) groups is 1. The molecule has 0 bridgehead atoms. The zero-order valence-corrected chi connectivity index (χ0v) is 15.3. The Balaban J connectivity index is 1.70. The molecular weight excluding hydrogens is 378 g/mol. The highest BCUT2D eigenvalue weighted by Gasteiger charge is 2.28. The first kappa shape index (κ1) is 17.8. The molecule has 0 aliphatic carbocycles. The predicted octanol–water partition coefficient (Wildman–Crippen LogP) is 3.29. The van der Waals surface area contributed by atoms with Crippen molar-refractivity contribution in [1.82, 2.24) is 9.97 Å². The van der Waals surface area contributed by atoms with E-state index >= 15 is 0 Å². The number of rotatable bonds is 2. The Morgan fingerprint density at radius 1 is 1.18 bits per heavy atom. The summed E-state index contributed by atoms with van der Waals surface area (Å²) in [6.07, 6.45) is 1.27. The van der Waals surface area contributed by atoms with Gasteiger partial charge in [0.25, 0.3) is 5.91 Å². The van der Waals surface area contributed by atoms with Crippen LogP contribution >= 0.6 is 11.6 Å². The van der Waals surface area contributed by atoms with Crippen molar-refractivity contribution in [2.75, 3.05) is 23.8 Å². The second-order valence-electron chi connectivity index (χ2n) is 6.07. The number of hydrogen-bond acceptors (Lipinski definition) is 6. The minimum Gasteiger partial charge on any atom is -0.475 e. The summed E-state index contributed by atoms with van der Waals surface area (Å²) in [4.78, 5) is 22.4. The molecule has 2 aromatic carbocycles. The molecule has 2 heterocycles. The van der Waals surface area contributed by atoms with Crippen molar-refractivity contribution >= 4 is 29.0 Å². The fourth-order valence-corrected chi connectivity index (χ4v) is 3.33. The lowest BCUT2D eigenvalue weighted by molar-refractivity contribution is 0.0990. The normalized spacial score (nSPS) is 13.3. The zero-order valence-electron chi connectivity index (χ0n) is 14.6. The SMILES string of the molecule is N#Cc1c(Cl)cccc1-c1ccc(N2CCOc3ncnc(N)c3C2=O)cc1. The van der Waals surface area contributed by atoms with Gasteiger partial charge in [-0.2, -0.15) is 5.26 Å². The van der Waals surface area contributed by atoms with Gasteiger partial charge in [0.05, 0.1) is 17.1 Å². The van der Waals surface area contributed by atoms with Crippen molar-refractivity contribution in [3.05, 3.63) is 64.9 Å². The maximum Gasteiger partial charge on any atom is 0.267 e. The van der Waals surface area contributed by atoms with Crippen LogP contribution in [0.1, 0.15) is 15.9 Å². The number of nitrogens with two attached hydrogens (primary N) is 1. The number of nitrogens with zero attached hydrogens (tertiary/aromatic N) is 4. The Kier molecular flexibility index (Phi) is 4.55. The van der Waals surface area contributed by atoms with Crippen molar-refractivity contribution < 1.29 is 9.53 Å². The molecule has 0 spiro atoms. The summed E-state index contributed by atoms with van der Waals surface area (Å²) in [6, 6.07) is 14.7. The lowest BCUT2D eigenvalue weighted by Gasteiger charge is -2.20. The molecule has 1 aliphatic heterocycles. The molecule has 0 unspecified atom stereocenters. The van der Waals surface area contributed by atoms with Gasteiger partial charge < -0.3 is 15.4 Å². The number of benzene rings is 2. The number of carbonyl (C=O) groups excluding carboxylic acids is 1. The molecular formula is C20H14ClN5O2. The molecule has 0 atom stereocenters. The molecule has 8 heteroatoms. The number of amides is 1. The van der Waals surface area contributed by atoms with Gasteiger partial charge in [-0.3, -0.25) is 4.79 Å². The number of halogens is 1. The third-order valence-electron chi connectivity index (χ3n) is 4.47. The summed E-state index contributed by atoms with van der Waals surface area (Å²) in [5, 5.41) is 9.78. The lowest BCUT2D eigenvalue weighted by Crippen LogP contribution is -2.32. The summed E-state index contributed by atoms with van der Waals surface area (Å²) < 4.78 is 5.54. The van der Waals surface area contributed by atoms with Gasteiger partial charge in [0, 0.05) is 11.3 Å². The number of hydrogen-bond donors (Lipinski definition) is 1. The molecule has 0 fully saturated rings. The average Bonchev–Trinajstić information content (AvgIpc) is 2.87. The number of ether oxygens (including phenoxy) is 1. The zero-order chi connectivity index (χ0) is 19.7. The number of aromatic nitrogens is 2. The van der Waals surface area contributed by atoms with E-state index in [1.165, 1.54) is 6.33 Å². The van der Waals surface area contributed by atoms with Gasteiger partial charge in [-0.25, -0.2) is 9.97 Å². The van der Waals surface area contributed by atoms with Crippen LogP contribution in [0, 0.1) is 11.3 Å². The highest BCUT2D eigenvalue weighted by Crippen LogP contribution is 2.31. The Labute approximate surface area is 166 Å². The van der Waals surface area contributed by atoms with Crippen molar-refractivity contribution in [3.8, 4) is 23.1 Å². The first-order chi connectivity index (χ1) is 13.6. The number of fused-ring (bicyclic) bond motifs is 1. The molecule has 7 nitrogen and oxygen atoms in total. The molecule has 1 aliphatic rings. The van der Waals surface area contributed by atoms with Gasteiger partial charge in [-0.15, -0.1) is 0 Å². The van der Waals surface area contributed by atoms with E-state index in [4.69, 9.17) is 22.1 Å². The first-order valence-corrected chi connectivity index (χ1v) is 8.82. The first-order valence-electron chi connectivity index (χ1n) is 8.44. The minimum atomic E-state index is -0.321. The van der Waals surface area contributed by atoms with Crippen LogP contribution in [0.4, 0.5) is 11.5 Å². The van der Waals surface area contributed by atoms with Gasteiger partial charge in [-0.05, 0) is 23.8 Å². The monoisotopic (exact) mass is 391 g/mol. The molecule has 1 amide bonds. The van der Waals surface area contributed by atoms with E-state index in [1.807, 2.05) is 18.2 Å². The van der Waals surface area contributed by atoms with Crippen LogP contribution in [0.5, 0.6) is 5.88 Å². The molecule has 3 aromatic rings. The van der Waals surface area contributed by atoms with Crippen molar-refractivity contribution in [2.45, 2.75) is 0 Å². The van der Waals surface area contributed by atoms with Crippen LogP contribution in [-0.2, 0) is 0 Å². The Bertz CT molecular complexity index is 1110. The maximum absolute atomic E-state index is 13.0. The molecule has 1 aromatic heterocycles. The minimum absolute atomic E-state index is 0.0797. The Hall–Kier alpha value is -3.63. The van der Waals surface area contributed by atoms with Gasteiger partial charge in [-0.1, -0.05) is 35.9 Å². The summed E-state index contributed by atoms with van der Waals surface area (Å²) in [6.45, 7) is 0.623. The summed E-state index contributed by atoms with van der Waals surface area (Å²) in [5.41, 5.74) is 8.67. The smallest absolute Gasteiger partial charge is 0.267 e. The summed E-state index contributed by atoms with van der Waals surface area (Å²) >= 11 is 6.12. The molecule has 0 saturated carbocycles. The largest absolute Gasteiger partial charge is 0.475 e. The maximum atomic E-state index is 13.0. The van der Waals surface area contributed by atoms with Crippen molar-refractivity contribution in [1.29, 1.82) is 5.26 Å². The number of anilines is 2. The molecule has 0 saturated heterocycles. The van der Waals surface area contributed by atoms with E-state index in [1.54, 1.807) is 29.2 Å². The van der Waals surface area contributed by atoms with Gasteiger partial charge in [0.1, 0.15) is 30.4 Å². The van der Waals surface area contributed by atoms with Crippen LogP contribution in [0.2, 0.25) is 5.02 Å². The van der Waals surface area contributed by atoms with Crippen LogP contribution in [0.3, 0.4) is 0 Å². The van der Waals surface area contributed by atoms with Crippen molar-refractivity contribution in [2.24, 2.45) is 0 Å². The molecule has 0 radical (unpaired) electrons. The van der Waals surface area contributed by atoms with E-state index in [9.17, 15) is 10.1 Å². The topological polar surface area (TPSA) is 105 Å². The highest BCUT2D eigenvalue weighted by molar-refractivity contribution is 6.32. The second kappa shape index (κ2) is 7.18. The third-order valence-corrected chi connectivity index (χ3v) is 4.78. The predicted molar refractivity (Wildman–Crippen MR) is 105 cm³/mol. The van der Waals surface area contributed by atoms with Gasteiger partial charge in [0.2, 0.25) is 5.88 Å². The van der Waals surface area contributed by atoms with E-state index in [0.29, 0.717) is 22.8 Å². The van der Waals surface area contributed by atoms with E-state index in [2.05, 4.69) is 16.0 Å². The quantitative estimate of drug-likeness (QED) is 0.718. The van der Waals surface area contributed by atoms with Crippen LogP contribution in [0.15, 0.2) is 48.8 Å². The van der Waals surface area contributed by atoms with Crippen molar-refractivity contribution in [3.63, 3.8) is 0 Å². The molecule has 2 N–H and O–H groups in total. The highest BCUT2D eigenvalue weighted by atomic mass is 35.5. The molecule has 138 valence electrons. The summed E-state index contributed by atoms with van der Waals surface area (Å²) in [5.74, 6) is -0.0517. The van der Waals surface area contributed by atoms with Crippen LogP contribution in [-0.4, -0.2) is 29.0 Å². The van der Waals surface area contributed by atoms with E-state index in [-0.39, 0.29) is 29.8 Å². The number of nitrogen functional groups attached to an aromatic ring is 1. The average molecular weight is 392 g/mol. The lowest BCUT2D eigenvalue weighted by atomic mass is 10.00. The Morgan fingerprint density at radius 2 is 1.96 bits per heavy atom. The summed E-state index contributed by atoms with van der Waals surface area (Å²) in [7, 11) is 0. The third kappa shape index (κ3) is 3.00. The van der Waals surface area contributed by atoms with E-state index < -0.39 is 0 Å². The second-order valence-corrected chi connectivity index (χ2v) is 6.47. The van der Waals surface area contributed by atoms with Crippen LogP contribution < -0.4 is 15.4 Å². The molecule has 28 heavy (non-hydrogen) atoms. The van der Waals surface area contributed by atoms with E-state index in [0.717, 1.165) is 11.1 Å². The Morgan fingerprint density at radius 3 is 2.71 bits per heavy atom. The van der Waals surface area contributed by atoms with Gasteiger partial charge >= 0.3 is 0 Å². The standard InChI is InChI=1S/C20H14ClN5O2/c21-16-3-1-2-14(15(16)10-22)12-4-6-13(7-5-12)26-8-9-28-19-17(20(26)27)18(23)24-11-25-19/h1-7,11H,8-9H2,(H2,23,24,25). The molecule has 4 rings (SSSR count). The fraction of sp³-hybridized carbons (Fsp3) is 0.100. The fourth-order valence-electron chi connectivity index (χ4n) is 3.11. The van der Waals surface area contributed by atoms with Gasteiger partial charge in [0.15, 0.2) is 0 Å². The number of nitriles is 1. The van der Waals surface area contributed by atoms with Crippen LogP contribution in [0.25, 0.3) is 11.1 Å².